The minimum Gasteiger partial charge on any atom is -0.303 e. The molecule has 1 aliphatic heterocycles. The van der Waals surface area contributed by atoms with Crippen molar-refractivity contribution in [3.63, 3.8) is 0 Å². The van der Waals surface area contributed by atoms with Crippen LogP contribution in [0.4, 0.5) is 0 Å². The lowest BCUT2D eigenvalue weighted by molar-refractivity contribution is 0.171. The molecule has 0 N–H and O–H groups in total. The molecule has 0 spiro atoms. The Morgan fingerprint density at radius 3 is 2.04 bits per heavy atom. The molecule has 1 atom stereocenters. The Morgan fingerprint density at radius 1 is 0.840 bits per heavy atom. The van der Waals surface area contributed by atoms with Crippen molar-refractivity contribution in [3.05, 3.63) is 68.7 Å². The van der Waals surface area contributed by atoms with E-state index in [0.29, 0.717) is 17.8 Å². The predicted octanol–water partition coefficient (Wildman–Crippen LogP) is 6.08. The summed E-state index contributed by atoms with van der Waals surface area (Å²) in [4.78, 5) is 2.68. The van der Waals surface area contributed by atoms with Gasteiger partial charge >= 0.3 is 0 Å². The second-order valence-corrected chi connectivity index (χ2v) is 8.69. The summed E-state index contributed by atoms with van der Waals surface area (Å²) >= 11 is 13.3. The van der Waals surface area contributed by atoms with Crippen molar-refractivity contribution in [2.75, 3.05) is 19.6 Å². The molecule has 6 rings (SSSR count). The Balaban J connectivity index is 1.60. The molecule has 0 saturated carbocycles. The van der Waals surface area contributed by atoms with Gasteiger partial charge in [0.2, 0.25) is 0 Å². The maximum Gasteiger partial charge on any atom is 0.0447 e. The summed E-state index contributed by atoms with van der Waals surface area (Å²) < 4.78 is 0. The Morgan fingerprint density at radius 2 is 1.44 bits per heavy atom. The van der Waals surface area contributed by atoms with Crippen LogP contribution in [0.15, 0.2) is 36.4 Å². The zero-order valence-electron chi connectivity index (χ0n) is 14.3. The summed E-state index contributed by atoms with van der Waals surface area (Å²) in [5, 5.41) is 1.82. The molecule has 1 unspecified atom stereocenters. The molecule has 0 amide bonds. The van der Waals surface area contributed by atoms with Crippen LogP contribution in [-0.4, -0.2) is 24.5 Å². The van der Waals surface area contributed by atoms with Crippen LogP contribution in [0.2, 0.25) is 10.0 Å². The van der Waals surface area contributed by atoms with E-state index in [1.54, 1.807) is 0 Å². The number of fused-ring (bicyclic) bond motifs is 1. The fourth-order valence-electron chi connectivity index (χ4n) is 5.53. The lowest BCUT2D eigenvalue weighted by atomic mass is 9.59. The summed E-state index contributed by atoms with van der Waals surface area (Å²) in [6, 6.07) is 12.9. The van der Waals surface area contributed by atoms with E-state index in [2.05, 4.69) is 29.2 Å². The Kier molecular flexibility index (Phi) is 4.08. The van der Waals surface area contributed by atoms with Gasteiger partial charge in [-0.05, 0) is 72.7 Å². The van der Waals surface area contributed by atoms with Crippen LogP contribution in [0.1, 0.15) is 59.8 Å². The summed E-state index contributed by atoms with van der Waals surface area (Å²) in [6.07, 6.45) is 5.27. The topological polar surface area (TPSA) is 3.24 Å². The third-order valence-corrected chi connectivity index (χ3v) is 7.15. The summed E-state index contributed by atoms with van der Waals surface area (Å²) in [5.41, 5.74) is 5.57. The average molecular weight is 372 g/mol. The van der Waals surface area contributed by atoms with Crippen molar-refractivity contribution >= 4 is 23.2 Å². The van der Waals surface area contributed by atoms with Crippen LogP contribution in [0, 0.1) is 5.92 Å². The third kappa shape index (κ3) is 2.55. The molecular weight excluding hydrogens is 349 g/mol. The van der Waals surface area contributed by atoms with Crippen LogP contribution >= 0.6 is 23.2 Å². The summed E-state index contributed by atoms with van der Waals surface area (Å²) in [5.74, 6) is 1.46. The highest BCUT2D eigenvalue weighted by Gasteiger charge is 2.45. The van der Waals surface area contributed by atoms with Gasteiger partial charge in [-0.15, -0.1) is 0 Å². The van der Waals surface area contributed by atoms with E-state index in [1.807, 2.05) is 12.1 Å². The highest BCUT2D eigenvalue weighted by molar-refractivity contribution is 6.32. The second-order valence-electron chi connectivity index (χ2n) is 7.87. The average Bonchev–Trinajstić information content (AvgIpc) is 2.63. The molecule has 3 heteroatoms. The molecule has 0 aromatic heterocycles. The number of likely N-dealkylation sites (tertiary alicyclic amines) is 1. The van der Waals surface area contributed by atoms with Gasteiger partial charge in [-0.25, -0.2) is 0 Å². The maximum atomic E-state index is 6.64. The van der Waals surface area contributed by atoms with E-state index in [1.165, 1.54) is 67.6 Å². The van der Waals surface area contributed by atoms with Gasteiger partial charge in [-0.2, -0.15) is 0 Å². The standard InChI is InChI=1S/C22H23Cl2N/c23-18-8-4-6-15-20-14(13-25-10-2-1-3-11-25)12-17(21(15)18)22-16(20)7-5-9-19(22)24/h4-9,14,17,20H,1-3,10-13H2. The van der Waals surface area contributed by atoms with Gasteiger partial charge in [0, 0.05) is 28.4 Å². The molecule has 2 aromatic rings. The highest BCUT2D eigenvalue weighted by atomic mass is 35.5. The van der Waals surface area contributed by atoms with Crippen LogP contribution in [0.5, 0.6) is 0 Å². The van der Waals surface area contributed by atoms with Crippen LogP contribution < -0.4 is 0 Å². The number of nitrogens with zero attached hydrogens (tertiary/aromatic N) is 1. The quantitative estimate of drug-likeness (QED) is 0.618. The zero-order valence-corrected chi connectivity index (χ0v) is 15.9. The van der Waals surface area contributed by atoms with Gasteiger partial charge in [0.15, 0.2) is 0 Å². The molecule has 4 aliphatic rings. The lowest BCUT2D eigenvalue weighted by Gasteiger charge is -2.47. The van der Waals surface area contributed by atoms with Crippen LogP contribution in [0.25, 0.3) is 0 Å². The van der Waals surface area contributed by atoms with Gasteiger partial charge in [0.1, 0.15) is 0 Å². The van der Waals surface area contributed by atoms with E-state index in [0.717, 1.165) is 10.0 Å². The fourth-order valence-corrected chi connectivity index (χ4v) is 6.16. The first kappa shape index (κ1) is 16.2. The molecule has 130 valence electrons. The first-order chi connectivity index (χ1) is 12.2. The normalized spacial score (nSPS) is 27.8. The molecule has 1 fully saturated rings. The van der Waals surface area contributed by atoms with Gasteiger partial charge in [0.25, 0.3) is 0 Å². The van der Waals surface area contributed by atoms with Crippen molar-refractivity contribution in [2.24, 2.45) is 5.92 Å². The second kappa shape index (κ2) is 6.30. The highest BCUT2D eigenvalue weighted by Crippen LogP contribution is 2.58. The van der Waals surface area contributed by atoms with Crippen LogP contribution in [-0.2, 0) is 0 Å². The third-order valence-electron chi connectivity index (χ3n) is 6.49. The molecule has 1 heterocycles. The smallest absolute Gasteiger partial charge is 0.0447 e. The van der Waals surface area contributed by atoms with E-state index in [9.17, 15) is 0 Å². The van der Waals surface area contributed by atoms with E-state index in [4.69, 9.17) is 23.2 Å². The van der Waals surface area contributed by atoms with Crippen LogP contribution in [0.3, 0.4) is 0 Å². The molecule has 1 saturated heterocycles. The zero-order chi connectivity index (χ0) is 17.0. The molecule has 3 aliphatic carbocycles. The van der Waals surface area contributed by atoms with Crippen molar-refractivity contribution in [1.29, 1.82) is 0 Å². The number of benzene rings is 2. The van der Waals surface area contributed by atoms with Gasteiger partial charge in [-0.1, -0.05) is 53.9 Å². The minimum atomic E-state index is 0.354. The van der Waals surface area contributed by atoms with Gasteiger partial charge in [0.05, 0.1) is 0 Å². The van der Waals surface area contributed by atoms with E-state index in [-0.39, 0.29) is 0 Å². The molecular formula is C22H23Cl2N. The largest absolute Gasteiger partial charge is 0.303 e. The number of rotatable bonds is 2. The predicted molar refractivity (Wildman–Crippen MR) is 105 cm³/mol. The fraction of sp³-hybridized carbons (Fsp3) is 0.455. The summed E-state index contributed by atoms with van der Waals surface area (Å²) in [6.45, 7) is 3.73. The van der Waals surface area contributed by atoms with Crippen molar-refractivity contribution in [3.8, 4) is 0 Å². The lowest BCUT2D eigenvalue weighted by Crippen LogP contribution is -2.41. The van der Waals surface area contributed by atoms with Crippen molar-refractivity contribution in [1.82, 2.24) is 4.90 Å². The first-order valence-electron chi connectivity index (χ1n) is 9.53. The van der Waals surface area contributed by atoms with E-state index >= 15 is 0 Å². The molecule has 2 aromatic carbocycles. The van der Waals surface area contributed by atoms with Crippen molar-refractivity contribution in [2.45, 2.75) is 37.5 Å². The molecule has 1 nitrogen and oxygen atoms in total. The Bertz CT molecular complexity index is 756. The number of piperidine rings is 1. The Labute approximate surface area is 159 Å². The number of hydrogen-bond donors (Lipinski definition) is 0. The molecule has 0 radical (unpaired) electrons. The molecule has 2 bridgehead atoms. The number of halogens is 2. The monoisotopic (exact) mass is 371 g/mol. The Hall–Kier alpha value is -1.02. The summed E-state index contributed by atoms with van der Waals surface area (Å²) in [7, 11) is 0. The minimum absolute atomic E-state index is 0.354. The SMILES string of the molecule is Clc1cccc2c1C1CC(CN3CCCCC3)C2c2cccc(Cl)c21. The molecule has 25 heavy (non-hydrogen) atoms. The van der Waals surface area contributed by atoms with Gasteiger partial charge < -0.3 is 4.90 Å². The van der Waals surface area contributed by atoms with Crippen molar-refractivity contribution < 1.29 is 0 Å². The first-order valence-corrected chi connectivity index (χ1v) is 10.3. The number of hydrogen-bond acceptors (Lipinski definition) is 1. The van der Waals surface area contributed by atoms with Gasteiger partial charge in [-0.3, -0.25) is 0 Å². The van der Waals surface area contributed by atoms with E-state index < -0.39 is 0 Å². The maximum absolute atomic E-state index is 6.64.